The number of ether oxygens (including phenoxy) is 1. The summed E-state index contributed by atoms with van der Waals surface area (Å²) >= 11 is 0. The van der Waals surface area contributed by atoms with Gasteiger partial charge in [0.2, 0.25) is 5.91 Å². The van der Waals surface area contributed by atoms with E-state index in [2.05, 4.69) is 5.10 Å². The third kappa shape index (κ3) is 5.68. The van der Waals surface area contributed by atoms with Crippen LogP contribution in [-0.2, 0) is 19.8 Å². The fourth-order valence-electron chi connectivity index (χ4n) is 3.73. The summed E-state index contributed by atoms with van der Waals surface area (Å²) in [6.45, 7) is 6.74. The van der Waals surface area contributed by atoms with E-state index < -0.39 is 27.5 Å². The second kappa shape index (κ2) is 7.92. The number of anilines is 1. The smallest absolute Gasteiger partial charge is 0.410 e. The molecule has 0 bridgehead atoms. The first-order chi connectivity index (χ1) is 13.4. The zero-order valence-corrected chi connectivity index (χ0v) is 17.7. The Kier molecular flexibility index (Phi) is 5.88. The molecule has 2 aliphatic heterocycles. The van der Waals surface area contributed by atoms with Crippen LogP contribution in [0.2, 0.25) is 0 Å². The first-order valence-electron chi connectivity index (χ1n) is 9.66. The monoisotopic (exact) mass is 430 g/mol. The van der Waals surface area contributed by atoms with E-state index in [0.29, 0.717) is 31.6 Å². The van der Waals surface area contributed by atoms with E-state index in [1.54, 1.807) is 22.0 Å². The van der Waals surface area contributed by atoms with Gasteiger partial charge in [-0.3, -0.25) is 9.48 Å². The summed E-state index contributed by atoms with van der Waals surface area (Å²) in [7, 11) is -4.61. The number of aromatic nitrogens is 2. The lowest BCUT2D eigenvalue weighted by Crippen LogP contribution is -2.42. The molecule has 0 N–H and O–H groups in total. The fourth-order valence-corrected chi connectivity index (χ4v) is 4.52. The van der Waals surface area contributed by atoms with Crippen molar-refractivity contribution in [1.82, 2.24) is 14.7 Å². The van der Waals surface area contributed by atoms with Crippen LogP contribution in [0.15, 0.2) is 12.4 Å². The van der Waals surface area contributed by atoms with Crippen LogP contribution in [0.3, 0.4) is 0 Å². The van der Waals surface area contributed by atoms with Gasteiger partial charge in [0.25, 0.3) is 0 Å². The van der Waals surface area contributed by atoms with Gasteiger partial charge in [0.05, 0.1) is 23.7 Å². The minimum atomic E-state index is -4.61. The molecule has 0 aromatic carbocycles. The van der Waals surface area contributed by atoms with Crippen molar-refractivity contribution < 1.29 is 26.6 Å². The minimum absolute atomic E-state index is 0.00259. The van der Waals surface area contributed by atoms with Crippen molar-refractivity contribution in [1.29, 1.82) is 0 Å². The first-order valence-corrected chi connectivity index (χ1v) is 11.2. The maximum Gasteiger partial charge on any atom is 0.410 e. The minimum Gasteiger partial charge on any atom is -0.444 e. The largest absolute Gasteiger partial charge is 0.444 e. The maximum atomic E-state index is 12.9. The number of piperidine rings is 1. The first kappa shape index (κ1) is 21.5. The summed E-state index contributed by atoms with van der Waals surface area (Å²) in [4.78, 5) is 27.5. The third-order valence-electron chi connectivity index (χ3n) is 5.03. The van der Waals surface area contributed by atoms with Gasteiger partial charge in [-0.15, -0.1) is 3.89 Å². The number of carbonyl (C=O) groups excluding carboxylic acids is 2. The zero-order chi connectivity index (χ0) is 21.4. The van der Waals surface area contributed by atoms with Gasteiger partial charge in [0.15, 0.2) is 0 Å². The van der Waals surface area contributed by atoms with Gasteiger partial charge in [-0.2, -0.15) is 13.5 Å². The molecule has 3 rings (SSSR count). The van der Waals surface area contributed by atoms with E-state index in [9.17, 15) is 21.9 Å². The Morgan fingerprint density at radius 2 is 1.97 bits per heavy atom. The van der Waals surface area contributed by atoms with Crippen LogP contribution < -0.4 is 4.90 Å². The fraction of sp³-hybridized carbons (Fsp3) is 0.722. The van der Waals surface area contributed by atoms with Gasteiger partial charge in [0.1, 0.15) is 5.60 Å². The average molecular weight is 431 g/mol. The van der Waals surface area contributed by atoms with Crippen molar-refractivity contribution in [2.45, 2.75) is 51.7 Å². The van der Waals surface area contributed by atoms with Crippen molar-refractivity contribution in [3.8, 4) is 0 Å². The number of nitrogens with zero attached hydrogens (tertiary/aromatic N) is 4. The van der Waals surface area contributed by atoms with E-state index in [1.165, 1.54) is 4.90 Å². The van der Waals surface area contributed by atoms with Crippen LogP contribution in [0, 0.1) is 5.92 Å². The molecule has 1 aromatic heterocycles. The summed E-state index contributed by atoms with van der Waals surface area (Å²) in [5.74, 6) is -1.44. The number of halogens is 1. The average Bonchev–Trinajstić information content (AvgIpc) is 3.18. The van der Waals surface area contributed by atoms with Crippen LogP contribution in [0.4, 0.5) is 14.4 Å². The van der Waals surface area contributed by atoms with Crippen LogP contribution in [0.1, 0.15) is 46.1 Å². The second-order valence-electron chi connectivity index (χ2n) is 8.66. The molecule has 0 spiro atoms. The Hall–Kier alpha value is -2.17. The Labute approximate surface area is 170 Å². The summed E-state index contributed by atoms with van der Waals surface area (Å²) in [6.07, 6.45) is 4.40. The van der Waals surface area contributed by atoms with Crippen LogP contribution in [0.25, 0.3) is 0 Å². The van der Waals surface area contributed by atoms with Crippen molar-refractivity contribution in [3.05, 3.63) is 12.4 Å². The van der Waals surface area contributed by atoms with Gasteiger partial charge >= 0.3 is 16.3 Å². The summed E-state index contributed by atoms with van der Waals surface area (Å²) < 4.78 is 41.8. The lowest BCUT2D eigenvalue weighted by Gasteiger charge is -2.33. The number of amides is 2. The van der Waals surface area contributed by atoms with E-state index >= 15 is 0 Å². The van der Waals surface area contributed by atoms with Crippen molar-refractivity contribution >= 4 is 27.9 Å². The zero-order valence-electron chi connectivity index (χ0n) is 16.9. The molecule has 2 aliphatic rings. The molecule has 162 valence electrons. The summed E-state index contributed by atoms with van der Waals surface area (Å²) in [6, 6.07) is 0.0853. The predicted molar refractivity (Wildman–Crippen MR) is 104 cm³/mol. The van der Waals surface area contributed by atoms with Gasteiger partial charge in [0, 0.05) is 38.2 Å². The molecular weight excluding hydrogens is 403 g/mol. The number of likely N-dealkylation sites (tertiary alicyclic amines) is 1. The van der Waals surface area contributed by atoms with E-state index in [4.69, 9.17) is 4.74 Å². The third-order valence-corrected chi connectivity index (χ3v) is 5.90. The Morgan fingerprint density at radius 3 is 2.55 bits per heavy atom. The van der Waals surface area contributed by atoms with Gasteiger partial charge in [-0.1, -0.05) is 0 Å². The van der Waals surface area contributed by atoms with Gasteiger partial charge in [-0.05, 0) is 33.6 Å². The molecule has 0 aliphatic carbocycles. The highest BCUT2D eigenvalue weighted by atomic mass is 32.3. The molecule has 9 nitrogen and oxygen atoms in total. The number of rotatable bonds is 4. The molecule has 3 heterocycles. The van der Waals surface area contributed by atoms with Crippen molar-refractivity contribution in [3.63, 3.8) is 0 Å². The SMILES string of the molecule is CC(C)(C)OC(=O)N1CCC(n2cc(N3CC(CS(=O)(=O)F)CC3=O)cn2)CC1. The molecule has 11 heteroatoms. The molecule has 1 unspecified atom stereocenters. The topological polar surface area (TPSA) is 102 Å². The van der Waals surface area contributed by atoms with E-state index in [1.807, 2.05) is 20.8 Å². The molecule has 1 atom stereocenters. The van der Waals surface area contributed by atoms with Gasteiger partial charge < -0.3 is 14.5 Å². The van der Waals surface area contributed by atoms with Gasteiger partial charge in [-0.25, -0.2) is 4.79 Å². The number of hydrogen-bond donors (Lipinski definition) is 0. The second-order valence-corrected chi connectivity index (χ2v) is 10.1. The molecule has 0 radical (unpaired) electrons. The van der Waals surface area contributed by atoms with E-state index in [0.717, 1.165) is 0 Å². The lowest BCUT2D eigenvalue weighted by molar-refractivity contribution is -0.117. The summed E-state index contributed by atoms with van der Waals surface area (Å²) in [5.41, 5.74) is 0.0372. The molecule has 0 saturated carbocycles. The maximum absolute atomic E-state index is 12.9. The van der Waals surface area contributed by atoms with Crippen LogP contribution >= 0.6 is 0 Å². The summed E-state index contributed by atoms with van der Waals surface area (Å²) in [5, 5.41) is 4.34. The van der Waals surface area contributed by atoms with E-state index in [-0.39, 0.29) is 31.0 Å². The highest BCUT2D eigenvalue weighted by molar-refractivity contribution is 7.86. The Bertz CT molecular complexity index is 871. The standard InChI is InChI=1S/C18H27FN4O5S/c1-18(2,3)28-17(25)21-6-4-14(5-7-21)23-11-15(9-20-23)22-10-13(8-16(22)24)12-29(19,26)27/h9,11,13-14H,4-8,10,12H2,1-3H3. The molecule has 2 saturated heterocycles. The number of carbonyl (C=O) groups is 2. The quantitative estimate of drug-likeness (QED) is 0.678. The molecule has 2 fully saturated rings. The van der Waals surface area contributed by atoms with Crippen molar-refractivity contribution in [2.24, 2.45) is 5.92 Å². The Balaban J connectivity index is 1.57. The predicted octanol–water partition coefficient (Wildman–Crippen LogP) is 2.11. The Morgan fingerprint density at radius 1 is 1.31 bits per heavy atom. The number of hydrogen-bond acceptors (Lipinski definition) is 6. The van der Waals surface area contributed by atoms with Crippen molar-refractivity contribution in [2.75, 3.05) is 30.3 Å². The molecule has 29 heavy (non-hydrogen) atoms. The van der Waals surface area contributed by atoms with Crippen LogP contribution in [0.5, 0.6) is 0 Å². The molecular formula is C18H27FN4O5S. The lowest BCUT2D eigenvalue weighted by atomic mass is 10.1. The normalized spacial score (nSPS) is 21.7. The highest BCUT2D eigenvalue weighted by Gasteiger charge is 2.35. The highest BCUT2D eigenvalue weighted by Crippen LogP contribution is 2.29. The molecule has 2 amide bonds. The molecule has 1 aromatic rings. The van der Waals surface area contributed by atoms with Crippen LogP contribution in [-0.4, -0.2) is 66.1 Å².